The molecule has 2 heterocycles. The number of fused-ring (bicyclic) bond motifs is 1. The number of hydrogen-bond acceptors (Lipinski definition) is 7. The molecular weight excluding hydrogens is 514 g/mol. The first-order valence-corrected chi connectivity index (χ1v) is 13.3. The van der Waals surface area contributed by atoms with Gasteiger partial charge in [-0.05, 0) is 61.7 Å². The van der Waals surface area contributed by atoms with Crippen molar-refractivity contribution < 1.29 is 23.8 Å². The molecule has 3 aromatic rings. The molecule has 4 rings (SSSR count). The first kappa shape index (κ1) is 26.6. The number of benzene rings is 2. The zero-order valence-corrected chi connectivity index (χ0v) is 22.6. The van der Waals surface area contributed by atoms with Crippen molar-refractivity contribution in [3.8, 4) is 11.5 Å². The van der Waals surface area contributed by atoms with Gasteiger partial charge < -0.3 is 29.7 Å². The van der Waals surface area contributed by atoms with Crippen molar-refractivity contribution >= 4 is 45.6 Å². The quantitative estimate of drug-likeness (QED) is 0.334. The van der Waals surface area contributed by atoms with Gasteiger partial charge >= 0.3 is 6.09 Å². The Bertz CT molecular complexity index is 1260. The number of rotatable bonds is 9. The molecule has 0 saturated carbocycles. The van der Waals surface area contributed by atoms with E-state index in [-0.39, 0.29) is 12.0 Å². The molecule has 2 N–H and O–H groups in total. The van der Waals surface area contributed by atoms with E-state index in [4.69, 9.17) is 25.8 Å². The van der Waals surface area contributed by atoms with Gasteiger partial charge in [-0.2, -0.15) is 0 Å². The lowest BCUT2D eigenvalue weighted by atomic mass is 10.0. The van der Waals surface area contributed by atoms with Gasteiger partial charge in [-0.15, -0.1) is 11.3 Å². The zero-order valence-electron chi connectivity index (χ0n) is 21.1. The maximum atomic E-state index is 13.6. The van der Waals surface area contributed by atoms with Crippen LogP contribution in [-0.2, 0) is 24.2 Å². The largest absolute Gasteiger partial charge is 0.495 e. The molecule has 0 unspecified atom stereocenters. The highest BCUT2D eigenvalue weighted by molar-refractivity contribution is 7.16. The molecule has 0 fully saturated rings. The molecule has 37 heavy (non-hydrogen) atoms. The van der Waals surface area contributed by atoms with Crippen LogP contribution in [-0.4, -0.2) is 43.8 Å². The highest BCUT2D eigenvalue weighted by Gasteiger charge is 2.30. The lowest BCUT2D eigenvalue weighted by Gasteiger charge is -2.26. The van der Waals surface area contributed by atoms with Crippen LogP contribution in [0.25, 0.3) is 0 Å². The first-order valence-electron chi connectivity index (χ1n) is 12.1. The summed E-state index contributed by atoms with van der Waals surface area (Å²) in [6.07, 6.45) is 0.199. The van der Waals surface area contributed by atoms with Crippen molar-refractivity contribution in [2.24, 2.45) is 0 Å². The summed E-state index contributed by atoms with van der Waals surface area (Å²) >= 11 is 7.65. The molecule has 0 radical (unpaired) electrons. The second-order valence-corrected chi connectivity index (χ2v) is 9.85. The molecule has 0 aliphatic carbocycles. The molecular formula is C27H30ClN3O5S. The van der Waals surface area contributed by atoms with E-state index in [9.17, 15) is 9.59 Å². The summed E-state index contributed by atoms with van der Waals surface area (Å²) in [7, 11) is 1.54. The molecule has 1 aliphatic heterocycles. The van der Waals surface area contributed by atoms with Crippen molar-refractivity contribution in [1.82, 2.24) is 4.90 Å². The molecule has 1 aromatic heterocycles. The number of methoxy groups -OCH3 is 1. The Labute approximate surface area is 225 Å². The Morgan fingerprint density at radius 3 is 2.59 bits per heavy atom. The molecule has 2 amide bonds. The number of thiophene rings is 1. The fraction of sp³-hybridized carbons (Fsp3) is 0.333. The van der Waals surface area contributed by atoms with E-state index in [2.05, 4.69) is 10.6 Å². The number of amides is 2. The normalized spacial score (nSPS) is 12.5. The van der Waals surface area contributed by atoms with Gasteiger partial charge in [-0.1, -0.05) is 23.7 Å². The van der Waals surface area contributed by atoms with Crippen LogP contribution in [0.2, 0.25) is 5.02 Å². The van der Waals surface area contributed by atoms with Gasteiger partial charge in [-0.3, -0.25) is 4.79 Å². The third kappa shape index (κ3) is 6.29. The maximum absolute atomic E-state index is 13.6. The van der Waals surface area contributed by atoms with E-state index >= 15 is 0 Å². The van der Waals surface area contributed by atoms with Crippen molar-refractivity contribution in [2.75, 3.05) is 37.5 Å². The average molecular weight is 544 g/mol. The van der Waals surface area contributed by atoms with Gasteiger partial charge in [0.2, 0.25) is 0 Å². The molecule has 0 bridgehead atoms. The fourth-order valence-corrected chi connectivity index (χ4v) is 5.58. The number of nitrogens with zero attached hydrogens (tertiary/aromatic N) is 1. The van der Waals surface area contributed by atoms with Crippen molar-refractivity contribution in [3.63, 3.8) is 0 Å². The number of carbonyl (C=O) groups is 2. The summed E-state index contributed by atoms with van der Waals surface area (Å²) < 4.78 is 16.1. The third-order valence-corrected chi connectivity index (χ3v) is 7.32. The Balaban J connectivity index is 1.62. The van der Waals surface area contributed by atoms with Crippen LogP contribution in [0, 0.1) is 0 Å². The van der Waals surface area contributed by atoms with Crippen LogP contribution in [0.15, 0.2) is 42.5 Å². The van der Waals surface area contributed by atoms with E-state index in [0.29, 0.717) is 61.3 Å². The van der Waals surface area contributed by atoms with Crippen LogP contribution in [0.1, 0.15) is 40.2 Å². The summed E-state index contributed by atoms with van der Waals surface area (Å²) in [6, 6.07) is 12.9. The predicted octanol–water partition coefficient (Wildman–Crippen LogP) is 6.19. The molecule has 2 aromatic carbocycles. The molecule has 196 valence electrons. The number of hydrogen-bond donors (Lipinski definition) is 2. The van der Waals surface area contributed by atoms with E-state index in [1.165, 1.54) is 11.3 Å². The number of ether oxygens (including phenoxy) is 3. The molecule has 10 heteroatoms. The average Bonchev–Trinajstić information content (AvgIpc) is 3.26. The van der Waals surface area contributed by atoms with E-state index in [1.54, 1.807) is 37.1 Å². The maximum Gasteiger partial charge on any atom is 0.410 e. The van der Waals surface area contributed by atoms with E-state index in [0.717, 1.165) is 26.8 Å². The second-order valence-electron chi connectivity index (χ2n) is 8.31. The Morgan fingerprint density at radius 1 is 1.11 bits per heavy atom. The monoisotopic (exact) mass is 543 g/mol. The highest BCUT2D eigenvalue weighted by atomic mass is 35.5. The number of nitrogens with one attached hydrogen (secondary N) is 2. The first-order chi connectivity index (χ1) is 17.9. The van der Waals surface area contributed by atoms with Gasteiger partial charge in [0.1, 0.15) is 16.5 Å². The third-order valence-electron chi connectivity index (χ3n) is 5.91. The Hall–Kier alpha value is -3.43. The van der Waals surface area contributed by atoms with Gasteiger partial charge in [0.25, 0.3) is 5.91 Å². The summed E-state index contributed by atoms with van der Waals surface area (Å²) in [5, 5.41) is 7.63. The van der Waals surface area contributed by atoms with Crippen LogP contribution in [0.3, 0.4) is 0 Å². The molecule has 1 aliphatic rings. The van der Waals surface area contributed by atoms with Crippen molar-refractivity contribution in [2.45, 2.75) is 33.4 Å². The summed E-state index contributed by atoms with van der Waals surface area (Å²) in [5.74, 6) is 1.06. The lowest BCUT2D eigenvalue weighted by Crippen LogP contribution is -2.36. The fourth-order valence-electron chi connectivity index (χ4n) is 4.15. The van der Waals surface area contributed by atoms with Crippen LogP contribution >= 0.6 is 22.9 Å². The summed E-state index contributed by atoms with van der Waals surface area (Å²) in [5.41, 5.74) is 3.03. The molecule has 0 spiro atoms. The SMILES string of the molecule is CCOC(=O)N1CCc2c(sc(NCc3ccc(OCC)cc3)c2C(=O)Nc2cc(Cl)ccc2OC)C1. The minimum absolute atomic E-state index is 0.267. The zero-order chi connectivity index (χ0) is 26.4. The molecule has 0 atom stereocenters. The van der Waals surface area contributed by atoms with Crippen LogP contribution in [0.5, 0.6) is 11.5 Å². The van der Waals surface area contributed by atoms with Crippen molar-refractivity contribution in [3.05, 3.63) is 69.1 Å². The number of halogens is 1. The predicted molar refractivity (Wildman–Crippen MR) is 146 cm³/mol. The summed E-state index contributed by atoms with van der Waals surface area (Å²) in [4.78, 5) is 28.6. The minimum Gasteiger partial charge on any atom is -0.495 e. The summed E-state index contributed by atoms with van der Waals surface area (Å²) in [6.45, 7) is 6.05. The van der Waals surface area contributed by atoms with E-state index in [1.807, 2.05) is 31.2 Å². The van der Waals surface area contributed by atoms with Gasteiger partial charge in [0.15, 0.2) is 0 Å². The Morgan fingerprint density at radius 2 is 1.89 bits per heavy atom. The van der Waals surface area contributed by atoms with Crippen molar-refractivity contribution in [1.29, 1.82) is 0 Å². The highest BCUT2D eigenvalue weighted by Crippen LogP contribution is 2.39. The second kappa shape index (κ2) is 12.2. The number of carbonyl (C=O) groups excluding carboxylic acids is 2. The van der Waals surface area contributed by atoms with Gasteiger partial charge in [0, 0.05) is 23.0 Å². The number of anilines is 2. The standard InChI is InChI=1S/C27H30ClN3O5S/c1-4-35-19-9-6-17(7-10-19)15-29-26-24(25(32)30-21-14-18(28)8-11-22(21)34-3)20-12-13-31(16-23(20)37-26)27(33)36-5-2/h6-11,14,29H,4-5,12-13,15-16H2,1-3H3,(H,30,32). The van der Waals surface area contributed by atoms with E-state index < -0.39 is 0 Å². The lowest BCUT2D eigenvalue weighted by molar-refractivity contribution is 0.102. The van der Waals surface area contributed by atoms with Gasteiger partial charge in [-0.25, -0.2) is 4.79 Å². The Kier molecular flexibility index (Phi) is 8.78. The topological polar surface area (TPSA) is 89.1 Å². The molecule has 8 nitrogen and oxygen atoms in total. The molecule has 0 saturated heterocycles. The van der Waals surface area contributed by atoms with Crippen LogP contribution in [0.4, 0.5) is 15.5 Å². The minimum atomic E-state index is -0.347. The van der Waals surface area contributed by atoms with Gasteiger partial charge in [0.05, 0.1) is 38.1 Å². The van der Waals surface area contributed by atoms with Crippen LogP contribution < -0.4 is 20.1 Å². The smallest absolute Gasteiger partial charge is 0.410 e.